The highest BCUT2D eigenvalue weighted by atomic mass is 16.6. The van der Waals surface area contributed by atoms with Gasteiger partial charge in [0.1, 0.15) is 5.60 Å². The molecule has 0 bridgehead atoms. The lowest BCUT2D eigenvalue weighted by atomic mass is 9.90. The van der Waals surface area contributed by atoms with Crippen LogP contribution in [0.4, 0.5) is 4.79 Å². The van der Waals surface area contributed by atoms with Crippen LogP contribution in [-0.4, -0.2) is 39.2 Å². The minimum Gasteiger partial charge on any atom is -0.444 e. The number of carbonyl (C=O) groups is 2. The normalized spacial score (nSPS) is 16.1. The molecule has 0 aliphatic heterocycles. The molecule has 1 aromatic carbocycles. The number of benzene rings is 1. The summed E-state index contributed by atoms with van der Waals surface area (Å²) in [6.07, 6.45) is 5.06. The first-order valence-corrected chi connectivity index (χ1v) is 11.6. The molecule has 33 heavy (non-hydrogen) atoms. The quantitative estimate of drug-likeness (QED) is 0.595. The summed E-state index contributed by atoms with van der Waals surface area (Å²) in [5.41, 5.74) is -1.45. The Labute approximate surface area is 192 Å². The number of rotatable bonds is 5. The Balaban J connectivity index is 1.79. The first-order chi connectivity index (χ1) is 15.5. The van der Waals surface area contributed by atoms with E-state index in [0.717, 1.165) is 43.1 Å². The molecule has 9 heteroatoms. The Morgan fingerprint density at radius 1 is 1.12 bits per heavy atom. The van der Waals surface area contributed by atoms with Gasteiger partial charge in [0.2, 0.25) is 0 Å². The highest BCUT2D eigenvalue weighted by molar-refractivity contribution is 5.97. The second kappa shape index (κ2) is 9.80. The summed E-state index contributed by atoms with van der Waals surface area (Å²) in [6, 6.07) is 4.63. The summed E-state index contributed by atoms with van der Waals surface area (Å²) in [6.45, 7) is 7.68. The van der Waals surface area contributed by atoms with Gasteiger partial charge in [-0.3, -0.25) is 14.2 Å². The van der Waals surface area contributed by atoms with Gasteiger partial charge in [0.05, 0.1) is 16.4 Å². The van der Waals surface area contributed by atoms with Crippen molar-refractivity contribution >= 4 is 22.9 Å². The number of ether oxygens (including phenoxy) is 1. The van der Waals surface area contributed by atoms with Crippen LogP contribution in [0.2, 0.25) is 0 Å². The number of amides is 2. The van der Waals surface area contributed by atoms with E-state index < -0.39 is 22.9 Å². The van der Waals surface area contributed by atoms with Crippen LogP contribution in [0.1, 0.15) is 76.6 Å². The van der Waals surface area contributed by atoms with E-state index in [1.807, 2.05) is 20.8 Å². The predicted octanol–water partition coefficient (Wildman–Crippen LogP) is 3.06. The molecule has 0 atom stereocenters. The van der Waals surface area contributed by atoms with Gasteiger partial charge in [0, 0.05) is 18.7 Å². The van der Waals surface area contributed by atoms with E-state index in [1.165, 1.54) is 6.07 Å². The molecule has 1 aliphatic rings. The smallest absolute Gasteiger partial charge is 0.408 e. The highest BCUT2D eigenvalue weighted by Crippen LogP contribution is 2.27. The zero-order valence-electron chi connectivity index (χ0n) is 19.9. The van der Waals surface area contributed by atoms with Crippen molar-refractivity contribution in [2.75, 3.05) is 6.54 Å². The highest BCUT2D eigenvalue weighted by Gasteiger charge is 2.34. The zero-order valence-corrected chi connectivity index (χ0v) is 19.9. The lowest BCUT2D eigenvalue weighted by Crippen LogP contribution is -2.56. The van der Waals surface area contributed by atoms with Gasteiger partial charge in [-0.2, -0.15) is 0 Å². The molecule has 180 valence electrons. The third kappa shape index (κ3) is 6.03. The van der Waals surface area contributed by atoms with Crippen LogP contribution in [0, 0.1) is 0 Å². The monoisotopic (exact) mass is 458 g/mol. The van der Waals surface area contributed by atoms with Crippen molar-refractivity contribution in [3.63, 3.8) is 0 Å². The molecule has 1 aromatic heterocycles. The van der Waals surface area contributed by atoms with Gasteiger partial charge in [-0.15, -0.1) is 0 Å². The van der Waals surface area contributed by atoms with Crippen LogP contribution in [0.25, 0.3) is 10.9 Å². The number of H-pyrrole nitrogens is 1. The van der Waals surface area contributed by atoms with Gasteiger partial charge >= 0.3 is 11.8 Å². The molecular weight excluding hydrogens is 424 g/mol. The Morgan fingerprint density at radius 2 is 1.79 bits per heavy atom. The molecular formula is C24H34N4O5. The molecule has 0 spiro atoms. The lowest BCUT2D eigenvalue weighted by molar-refractivity contribution is 0.0437. The van der Waals surface area contributed by atoms with E-state index in [2.05, 4.69) is 15.6 Å². The van der Waals surface area contributed by atoms with Gasteiger partial charge < -0.3 is 20.4 Å². The molecule has 2 aromatic rings. The fourth-order valence-corrected chi connectivity index (χ4v) is 4.31. The van der Waals surface area contributed by atoms with Crippen LogP contribution in [0.15, 0.2) is 27.8 Å². The predicted molar refractivity (Wildman–Crippen MR) is 127 cm³/mol. The Bertz CT molecular complexity index is 1130. The Morgan fingerprint density at radius 3 is 2.39 bits per heavy atom. The third-order valence-electron chi connectivity index (χ3n) is 5.97. The maximum atomic E-state index is 12.9. The van der Waals surface area contributed by atoms with Crippen molar-refractivity contribution < 1.29 is 14.3 Å². The number of nitrogens with zero attached hydrogens (tertiary/aromatic N) is 1. The lowest BCUT2D eigenvalue weighted by Gasteiger charge is -2.35. The largest absolute Gasteiger partial charge is 0.444 e. The van der Waals surface area contributed by atoms with Gasteiger partial charge in [0.15, 0.2) is 0 Å². The molecule has 3 N–H and O–H groups in total. The summed E-state index contributed by atoms with van der Waals surface area (Å²) in [5, 5.41) is 6.31. The molecule has 0 saturated heterocycles. The number of carbonyl (C=O) groups excluding carboxylic acids is 2. The second-order valence-electron chi connectivity index (χ2n) is 9.74. The first kappa shape index (κ1) is 24.5. The fourth-order valence-electron chi connectivity index (χ4n) is 4.31. The van der Waals surface area contributed by atoms with Gasteiger partial charge in [-0.05, 0) is 58.7 Å². The van der Waals surface area contributed by atoms with Crippen molar-refractivity contribution in [2.24, 2.45) is 0 Å². The standard InChI is InChI=1S/C24H34N4O5/c1-5-28-20(30)17-11-10-16(14-18(17)26-21(28)31)19(29)25-15-24(12-8-6-7-9-13-24)27-22(32)33-23(2,3)4/h10-11,14H,5-9,12-13,15H2,1-4H3,(H,25,29)(H,26,31)(H,27,32). The Hall–Kier alpha value is -3.10. The van der Waals surface area contributed by atoms with E-state index in [4.69, 9.17) is 4.74 Å². The number of hydrogen-bond acceptors (Lipinski definition) is 5. The molecule has 9 nitrogen and oxygen atoms in total. The number of aromatic amines is 1. The average molecular weight is 459 g/mol. The van der Waals surface area contributed by atoms with Crippen molar-refractivity contribution in [3.05, 3.63) is 44.6 Å². The van der Waals surface area contributed by atoms with Crippen LogP contribution >= 0.6 is 0 Å². The van der Waals surface area contributed by atoms with Crippen LogP contribution in [0.5, 0.6) is 0 Å². The van der Waals surface area contributed by atoms with E-state index in [0.29, 0.717) is 16.5 Å². The van der Waals surface area contributed by atoms with Gasteiger partial charge in [0.25, 0.3) is 11.5 Å². The van der Waals surface area contributed by atoms with Gasteiger partial charge in [-0.1, -0.05) is 25.7 Å². The minimum absolute atomic E-state index is 0.261. The van der Waals surface area contributed by atoms with E-state index in [9.17, 15) is 19.2 Å². The van der Waals surface area contributed by atoms with E-state index in [1.54, 1.807) is 19.1 Å². The van der Waals surface area contributed by atoms with E-state index >= 15 is 0 Å². The van der Waals surface area contributed by atoms with Crippen LogP contribution in [-0.2, 0) is 11.3 Å². The Kier molecular flexibility index (Phi) is 7.29. The van der Waals surface area contributed by atoms with Crippen molar-refractivity contribution in [1.29, 1.82) is 0 Å². The van der Waals surface area contributed by atoms with Crippen molar-refractivity contribution in [3.8, 4) is 0 Å². The molecule has 1 saturated carbocycles. The molecule has 1 aliphatic carbocycles. The number of nitrogens with one attached hydrogen (secondary N) is 3. The summed E-state index contributed by atoms with van der Waals surface area (Å²) < 4.78 is 6.57. The van der Waals surface area contributed by atoms with Crippen molar-refractivity contribution in [2.45, 2.75) is 83.9 Å². The first-order valence-electron chi connectivity index (χ1n) is 11.6. The number of hydrogen-bond donors (Lipinski definition) is 3. The van der Waals surface area contributed by atoms with E-state index in [-0.39, 0.29) is 24.6 Å². The molecule has 3 rings (SSSR count). The second-order valence-corrected chi connectivity index (χ2v) is 9.74. The number of fused-ring (bicyclic) bond motifs is 1. The molecule has 0 unspecified atom stereocenters. The van der Waals surface area contributed by atoms with Gasteiger partial charge in [-0.25, -0.2) is 9.59 Å². The summed E-state index contributed by atoms with van der Waals surface area (Å²) in [5.74, 6) is -0.341. The molecule has 1 heterocycles. The topological polar surface area (TPSA) is 122 Å². The van der Waals surface area contributed by atoms with Crippen LogP contribution < -0.4 is 21.9 Å². The number of aromatic nitrogens is 2. The zero-order chi connectivity index (χ0) is 24.2. The SMILES string of the molecule is CCn1c(=O)[nH]c2cc(C(=O)NCC3(NC(=O)OC(C)(C)C)CCCCCC3)ccc2c1=O. The molecule has 1 fully saturated rings. The summed E-state index contributed by atoms with van der Waals surface area (Å²) in [4.78, 5) is 52.7. The maximum Gasteiger partial charge on any atom is 0.408 e. The average Bonchev–Trinajstić information content (AvgIpc) is 2.96. The van der Waals surface area contributed by atoms with Crippen LogP contribution in [0.3, 0.4) is 0 Å². The van der Waals surface area contributed by atoms with Crippen molar-refractivity contribution in [1.82, 2.24) is 20.2 Å². The fraction of sp³-hybridized carbons (Fsp3) is 0.583. The third-order valence-corrected chi connectivity index (χ3v) is 5.97. The summed E-state index contributed by atoms with van der Waals surface area (Å²) in [7, 11) is 0. The molecule has 2 amide bonds. The minimum atomic E-state index is -0.613. The molecule has 0 radical (unpaired) electrons. The number of alkyl carbamates (subject to hydrolysis) is 1. The summed E-state index contributed by atoms with van der Waals surface area (Å²) >= 11 is 0. The maximum absolute atomic E-state index is 12.9.